The Balaban J connectivity index is 1.70. The molecule has 0 radical (unpaired) electrons. The Hall–Kier alpha value is -3.72. The summed E-state index contributed by atoms with van der Waals surface area (Å²) in [6.45, 7) is 5.82. The van der Waals surface area contributed by atoms with E-state index in [0.29, 0.717) is 34.3 Å². The summed E-state index contributed by atoms with van der Waals surface area (Å²) in [4.78, 5) is 15.8. The smallest absolute Gasteiger partial charge is 0.355 e. The van der Waals surface area contributed by atoms with E-state index in [1.54, 1.807) is 22.9 Å². The van der Waals surface area contributed by atoms with E-state index in [0.717, 1.165) is 35.4 Å². The van der Waals surface area contributed by atoms with Crippen LogP contribution in [0.2, 0.25) is 0 Å². The number of benzene rings is 2. The van der Waals surface area contributed by atoms with E-state index >= 15 is 0 Å². The van der Waals surface area contributed by atoms with Gasteiger partial charge in [0.1, 0.15) is 22.6 Å². The maximum absolute atomic E-state index is 14.8. The second kappa shape index (κ2) is 11.3. The molecule has 1 aliphatic rings. The molecule has 2 aromatic carbocycles. The molecule has 1 atom stereocenters. The van der Waals surface area contributed by atoms with Gasteiger partial charge in [0.15, 0.2) is 5.69 Å². The van der Waals surface area contributed by atoms with Crippen molar-refractivity contribution < 1.29 is 22.9 Å². The monoisotopic (exact) mass is 594 g/mol. The van der Waals surface area contributed by atoms with Gasteiger partial charge < -0.3 is 5.11 Å². The van der Waals surface area contributed by atoms with E-state index in [-0.39, 0.29) is 28.0 Å². The Morgan fingerprint density at radius 1 is 1.20 bits per heavy atom. The molecule has 11 heteroatoms. The molecule has 0 saturated heterocycles. The summed E-state index contributed by atoms with van der Waals surface area (Å²) in [5.41, 5.74) is 3.18. The van der Waals surface area contributed by atoms with E-state index < -0.39 is 28.6 Å². The van der Waals surface area contributed by atoms with Gasteiger partial charge in [-0.2, -0.15) is 5.10 Å². The van der Waals surface area contributed by atoms with Gasteiger partial charge in [-0.25, -0.2) is 32.6 Å². The molecule has 41 heavy (non-hydrogen) atoms. The van der Waals surface area contributed by atoms with E-state index in [4.69, 9.17) is 10.2 Å². The van der Waals surface area contributed by atoms with Crippen LogP contribution in [0.25, 0.3) is 16.4 Å². The predicted octanol–water partition coefficient (Wildman–Crippen LogP) is 5.89. The van der Waals surface area contributed by atoms with Gasteiger partial charge in [-0.3, -0.25) is 0 Å². The first-order chi connectivity index (χ1) is 19.4. The molecule has 4 aromatic rings. The van der Waals surface area contributed by atoms with Crippen LogP contribution in [0.1, 0.15) is 66.5 Å². The lowest BCUT2D eigenvalue weighted by Gasteiger charge is -2.10. The highest BCUT2D eigenvalue weighted by atomic mass is 32.2. The normalized spacial score (nSPS) is 14.0. The number of hydrogen-bond donors (Lipinski definition) is 2. The Bertz CT molecular complexity index is 1740. The number of rotatable bonds is 8. The van der Waals surface area contributed by atoms with Crippen molar-refractivity contribution in [2.24, 2.45) is 16.5 Å². The zero-order chi connectivity index (χ0) is 29.5. The summed E-state index contributed by atoms with van der Waals surface area (Å²) in [5.74, 6) is 4.17. The zero-order valence-corrected chi connectivity index (χ0v) is 24.3. The van der Waals surface area contributed by atoms with Gasteiger partial charge in [0.05, 0.1) is 21.8 Å². The van der Waals surface area contributed by atoms with Crippen LogP contribution < -0.4 is 5.14 Å². The van der Waals surface area contributed by atoms with Gasteiger partial charge >= 0.3 is 5.97 Å². The number of carboxylic acid groups (broad SMARTS) is 1. The second-order valence-electron chi connectivity index (χ2n) is 11.1. The summed E-state index contributed by atoms with van der Waals surface area (Å²) in [5, 5.41) is 21.6. The topological polar surface area (TPSA) is 111 Å². The molecule has 1 unspecified atom stereocenters. The summed E-state index contributed by atoms with van der Waals surface area (Å²) < 4.78 is 42.9. The Labute approximate surface area is 243 Å². The number of aromatic carboxylic acids is 1. The van der Waals surface area contributed by atoms with Crippen LogP contribution in [0.15, 0.2) is 46.7 Å². The third kappa shape index (κ3) is 6.62. The lowest BCUT2D eigenvalue weighted by Crippen LogP contribution is -2.07. The van der Waals surface area contributed by atoms with Crippen LogP contribution in [0.4, 0.5) is 8.78 Å². The third-order valence-electron chi connectivity index (χ3n) is 6.57. The van der Waals surface area contributed by atoms with E-state index in [9.17, 15) is 22.9 Å². The van der Waals surface area contributed by atoms with Gasteiger partial charge in [-0.05, 0) is 81.8 Å². The standard InChI is InChI=1S/C30H28F2N4O3S2/c1-30(2,3)11-10-19-15-20(7-8-22(19)31)27-21(12-18-6-9-26(41(33)39)23(32)13-18)25(14-17-4-5-17)36(35-27)29-34-24(16-40-29)28(37)38/h6-9,13,15-17H,4-5,12,14,33H2,1-3H3,(H,37,38). The van der Waals surface area contributed by atoms with E-state index in [1.165, 1.54) is 23.6 Å². The van der Waals surface area contributed by atoms with Crippen molar-refractivity contribution in [3.8, 4) is 28.2 Å². The van der Waals surface area contributed by atoms with Crippen LogP contribution in [0, 0.1) is 34.8 Å². The fourth-order valence-corrected chi connectivity index (χ4v) is 5.60. The van der Waals surface area contributed by atoms with Crippen molar-refractivity contribution in [2.45, 2.75) is 51.3 Å². The molecule has 3 N–H and O–H groups in total. The Morgan fingerprint density at radius 3 is 2.56 bits per heavy atom. The van der Waals surface area contributed by atoms with Crippen LogP contribution in [0.3, 0.4) is 0 Å². The first-order valence-electron chi connectivity index (χ1n) is 13.0. The molecule has 2 heterocycles. The number of carbonyl (C=O) groups is 1. The van der Waals surface area contributed by atoms with Crippen molar-refractivity contribution >= 4 is 28.3 Å². The highest BCUT2D eigenvalue weighted by Crippen LogP contribution is 2.38. The highest BCUT2D eigenvalue weighted by molar-refractivity contribution is 7.82. The first-order valence-corrected chi connectivity index (χ1v) is 15.1. The number of thiazole rings is 1. The molecule has 212 valence electrons. The molecule has 7 nitrogen and oxygen atoms in total. The van der Waals surface area contributed by atoms with Crippen molar-refractivity contribution in [2.75, 3.05) is 0 Å². The van der Waals surface area contributed by atoms with Gasteiger partial charge in [0.25, 0.3) is 0 Å². The molecule has 5 rings (SSSR count). The molecular formula is C30H28F2N4O3S2. The fraction of sp³-hybridized carbons (Fsp3) is 0.300. The Morgan fingerprint density at radius 2 is 1.95 bits per heavy atom. The predicted molar refractivity (Wildman–Crippen MR) is 154 cm³/mol. The average molecular weight is 595 g/mol. The minimum absolute atomic E-state index is 0.0880. The Kier molecular flexibility index (Phi) is 7.92. The largest absolute Gasteiger partial charge is 0.476 e. The minimum atomic E-state index is -1.96. The molecular weight excluding hydrogens is 566 g/mol. The molecule has 1 fully saturated rings. The number of halogens is 2. The molecule has 1 aliphatic carbocycles. The maximum atomic E-state index is 14.8. The molecule has 1 saturated carbocycles. The van der Waals surface area contributed by atoms with Crippen LogP contribution in [-0.2, 0) is 23.8 Å². The lowest BCUT2D eigenvalue weighted by atomic mass is 9.95. The quantitative estimate of drug-likeness (QED) is 0.247. The molecule has 0 spiro atoms. The fourth-order valence-electron chi connectivity index (χ4n) is 4.37. The first kappa shape index (κ1) is 28.8. The van der Waals surface area contributed by atoms with Crippen molar-refractivity contribution in [1.29, 1.82) is 0 Å². The average Bonchev–Trinajstić information content (AvgIpc) is 3.45. The summed E-state index contributed by atoms with van der Waals surface area (Å²) in [6.07, 6.45) is 3.03. The van der Waals surface area contributed by atoms with Gasteiger partial charge in [0, 0.05) is 28.3 Å². The van der Waals surface area contributed by atoms with Crippen molar-refractivity contribution in [3.63, 3.8) is 0 Å². The maximum Gasteiger partial charge on any atom is 0.355 e. The SMILES string of the molecule is CC(C)(C)C#Cc1cc(-c2nn(-c3nc(C(=O)O)cs3)c(CC3CC3)c2Cc2ccc(S(N)=O)c(F)c2)ccc1F. The van der Waals surface area contributed by atoms with Crippen LogP contribution in [0.5, 0.6) is 0 Å². The highest BCUT2D eigenvalue weighted by Gasteiger charge is 2.29. The third-order valence-corrected chi connectivity index (χ3v) is 8.15. The van der Waals surface area contributed by atoms with Gasteiger partial charge in [-0.15, -0.1) is 11.3 Å². The number of nitrogens with zero attached hydrogens (tertiary/aromatic N) is 3. The van der Waals surface area contributed by atoms with E-state index in [1.807, 2.05) is 20.8 Å². The van der Waals surface area contributed by atoms with Crippen LogP contribution >= 0.6 is 11.3 Å². The van der Waals surface area contributed by atoms with Gasteiger partial charge in [-0.1, -0.05) is 17.9 Å². The zero-order valence-electron chi connectivity index (χ0n) is 22.7. The number of carboxylic acids is 1. The summed E-state index contributed by atoms with van der Waals surface area (Å²) in [7, 11) is -1.96. The summed E-state index contributed by atoms with van der Waals surface area (Å²) >= 11 is 1.16. The number of nitrogens with two attached hydrogens (primary N) is 1. The van der Waals surface area contributed by atoms with E-state index in [2.05, 4.69) is 16.8 Å². The minimum Gasteiger partial charge on any atom is -0.476 e. The summed E-state index contributed by atoms with van der Waals surface area (Å²) in [6, 6.07) is 9.00. The molecule has 0 aliphatic heterocycles. The number of hydrogen-bond acceptors (Lipinski definition) is 5. The number of aromatic nitrogens is 3. The lowest BCUT2D eigenvalue weighted by molar-refractivity contribution is 0.0691. The van der Waals surface area contributed by atoms with Gasteiger partial charge in [0.2, 0.25) is 5.13 Å². The molecule has 0 bridgehead atoms. The van der Waals surface area contributed by atoms with Crippen molar-refractivity contribution in [1.82, 2.24) is 14.8 Å². The van der Waals surface area contributed by atoms with Crippen LogP contribution in [-0.4, -0.2) is 30.0 Å². The molecule has 2 aromatic heterocycles. The second-order valence-corrected chi connectivity index (χ2v) is 13.0. The van der Waals surface area contributed by atoms with Crippen molar-refractivity contribution in [3.05, 3.63) is 81.5 Å². The molecule has 0 amide bonds.